The number of likely N-dealkylation sites (N-methyl/N-ethyl adjacent to an activating group) is 1. The molecule has 0 aliphatic heterocycles. The zero-order valence-electron chi connectivity index (χ0n) is 16.6. The summed E-state index contributed by atoms with van der Waals surface area (Å²) in [5.41, 5.74) is 1.52. The average Bonchev–Trinajstić information content (AvgIpc) is 2.69. The molecule has 156 valence electrons. The molecule has 2 aromatic rings. The molecule has 0 bridgehead atoms. The molecule has 1 N–H and O–H groups in total. The van der Waals surface area contributed by atoms with Gasteiger partial charge < -0.3 is 10.2 Å². The van der Waals surface area contributed by atoms with E-state index in [1.807, 2.05) is 32.0 Å². The van der Waals surface area contributed by atoms with Crippen molar-refractivity contribution in [1.82, 2.24) is 10.2 Å². The third kappa shape index (κ3) is 6.36. The fraction of sp³-hybridized carbons (Fsp3) is 0.364. The fourth-order valence-electron chi connectivity index (χ4n) is 3.15. The van der Waals surface area contributed by atoms with Crippen molar-refractivity contribution in [1.29, 1.82) is 0 Å². The topological polar surface area (TPSA) is 49.4 Å². The first kappa shape index (κ1) is 23.5. The van der Waals surface area contributed by atoms with Crippen LogP contribution in [0.3, 0.4) is 0 Å². The third-order valence-corrected chi connectivity index (χ3v) is 5.77. The van der Waals surface area contributed by atoms with E-state index in [2.05, 4.69) is 5.32 Å². The molecule has 29 heavy (non-hydrogen) atoms. The Morgan fingerprint density at radius 2 is 1.59 bits per heavy atom. The summed E-state index contributed by atoms with van der Waals surface area (Å²) in [5, 5.41) is 4.36. The van der Waals surface area contributed by atoms with Crippen LogP contribution in [0.5, 0.6) is 0 Å². The van der Waals surface area contributed by atoms with Gasteiger partial charge in [-0.25, -0.2) is 0 Å². The number of carbonyl (C=O) groups excluding carboxylic acids is 2. The molecule has 0 radical (unpaired) electrons. The second-order valence-corrected chi connectivity index (χ2v) is 7.85. The van der Waals surface area contributed by atoms with Crippen molar-refractivity contribution in [2.24, 2.45) is 0 Å². The number of nitrogens with zero attached hydrogens (tertiary/aromatic N) is 1. The molecule has 2 aromatic carbocycles. The van der Waals surface area contributed by atoms with Gasteiger partial charge in [0.15, 0.2) is 0 Å². The highest BCUT2D eigenvalue weighted by atomic mass is 35.5. The van der Waals surface area contributed by atoms with E-state index in [4.69, 9.17) is 34.8 Å². The summed E-state index contributed by atoms with van der Waals surface area (Å²) in [6, 6.07) is 12.0. The van der Waals surface area contributed by atoms with Gasteiger partial charge in [0, 0.05) is 40.1 Å². The zero-order chi connectivity index (χ0) is 21.4. The van der Waals surface area contributed by atoms with Crippen LogP contribution in [0.2, 0.25) is 15.1 Å². The van der Waals surface area contributed by atoms with Gasteiger partial charge >= 0.3 is 0 Å². The molecule has 1 atom stereocenters. The van der Waals surface area contributed by atoms with Gasteiger partial charge in [-0.1, -0.05) is 66.0 Å². The van der Waals surface area contributed by atoms with E-state index in [0.29, 0.717) is 40.0 Å². The lowest BCUT2D eigenvalue weighted by Crippen LogP contribution is -2.49. The SMILES string of the molecule is CCNC(=O)[C@@H](CC)N(Cc1c(Cl)cccc1Cl)C(=O)CCc1ccccc1Cl. The van der Waals surface area contributed by atoms with Gasteiger partial charge in [-0.05, 0) is 43.5 Å². The smallest absolute Gasteiger partial charge is 0.242 e. The summed E-state index contributed by atoms with van der Waals surface area (Å²) in [5.74, 6) is -0.344. The van der Waals surface area contributed by atoms with E-state index in [9.17, 15) is 9.59 Å². The molecule has 0 unspecified atom stereocenters. The summed E-state index contributed by atoms with van der Waals surface area (Å²) < 4.78 is 0. The normalized spacial score (nSPS) is 11.8. The number of benzene rings is 2. The number of nitrogens with one attached hydrogen (secondary N) is 1. The standard InChI is InChI=1S/C22H25Cl3N2O2/c1-3-20(22(29)26-4-2)27(14-16-18(24)10-7-11-19(16)25)21(28)13-12-15-8-5-6-9-17(15)23/h5-11,20H,3-4,12-14H2,1-2H3,(H,26,29)/t20-/m1/s1. The van der Waals surface area contributed by atoms with Crippen molar-refractivity contribution in [2.45, 2.75) is 45.7 Å². The Morgan fingerprint density at radius 1 is 0.966 bits per heavy atom. The molecule has 2 amide bonds. The van der Waals surface area contributed by atoms with Gasteiger partial charge in [-0.15, -0.1) is 0 Å². The lowest BCUT2D eigenvalue weighted by atomic mass is 10.1. The summed E-state index contributed by atoms with van der Waals surface area (Å²) in [4.78, 5) is 27.4. The van der Waals surface area contributed by atoms with Crippen LogP contribution in [0.15, 0.2) is 42.5 Å². The first-order valence-corrected chi connectivity index (χ1v) is 10.8. The van der Waals surface area contributed by atoms with Crippen molar-refractivity contribution in [3.63, 3.8) is 0 Å². The van der Waals surface area contributed by atoms with Gasteiger partial charge in [-0.2, -0.15) is 0 Å². The van der Waals surface area contributed by atoms with Crippen LogP contribution in [0, 0.1) is 0 Å². The molecule has 0 saturated heterocycles. The van der Waals surface area contributed by atoms with Crippen molar-refractivity contribution in [2.75, 3.05) is 6.54 Å². The van der Waals surface area contributed by atoms with Crippen LogP contribution < -0.4 is 5.32 Å². The zero-order valence-corrected chi connectivity index (χ0v) is 18.8. The van der Waals surface area contributed by atoms with Gasteiger partial charge in [0.2, 0.25) is 11.8 Å². The number of hydrogen-bond acceptors (Lipinski definition) is 2. The van der Waals surface area contributed by atoms with Crippen LogP contribution in [-0.2, 0) is 22.6 Å². The van der Waals surface area contributed by atoms with E-state index < -0.39 is 6.04 Å². The van der Waals surface area contributed by atoms with E-state index in [0.717, 1.165) is 5.56 Å². The molecule has 0 fully saturated rings. The van der Waals surface area contributed by atoms with Crippen LogP contribution >= 0.6 is 34.8 Å². The van der Waals surface area contributed by atoms with Crippen molar-refractivity contribution in [3.05, 3.63) is 68.7 Å². The Morgan fingerprint density at radius 3 is 2.17 bits per heavy atom. The summed E-state index contributed by atoms with van der Waals surface area (Å²) in [6.07, 6.45) is 1.19. The van der Waals surface area contributed by atoms with Crippen LogP contribution in [-0.4, -0.2) is 29.3 Å². The lowest BCUT2D eigenvalue weighted by Gasteiger charge is -2.31. The Balaban J connectivity index is 2.28. The minimum absolute atomic E-state index is 0.154. The second-order valence-electron chi connectivity index (χ2n) is 6.63. The molecule has 2 rings (SSSR count). The number of halogens is 3. The first-order valence-electron chi connectivity index (χ1n) is 9.62. The molecule has 0 spiro atoms. The molecule has 0 aliphatic carbocycles. The molecule has 0 aliphatic rings. The highest BCUT2D eigenvalue weighted by molar-refractivity contribution is 6.36. The predicted molar refractivity (Wildman–Crippen MR) is 120 cm³/mol. The molecule has 4 nitrogen and oxygen atoms in total. The highest BCUT2D eigenvalue weighted by Gasteiger charge is 2.29. The average molecular weight is 456 g/mol. The number of rotatable bonds is 9. The molecule has 0 heterocycles. The number of amides is 2. The van der Waals surface area contributed by atoms with Crippen LogP contribution in [0.1, 0.15) is 37.8 Å². The van der Waals surface area contributed by atoms with Crippen molar-refractivity contribution in [3.8, 4) is 0 Å². The monoisotopic (exact) mass is 454 g/mol. The van der Waals surface area contributed by atoms with Gasteiger partial charge in [0.25, 0.3) is 0 Å². The highest BCUT2D eigenvalue weighted by Crippen LogP contribution is 2.27. The van der Waals surface area contributed by atoms with E-state index in [-0.39, 0.29) is 24.8 Å². The van der Waals surface area contributed by atoms with E-state index in [1.165, 1.54) is 0 Å². The predicted octanol–water partition coefficient (Wildman–Crippen LogP) is 5.52. The maximum absolute atomic E-state index is 13.2. The van der Waals surface area contributed by atoms with Crippen molar-refractivity contribution >= 4 is 46.6 Å². The Bertz CT molecular complexity index is 837. The fourth-order valence-corrected chi connectivity index (χ4v) is 3.90. The number of carbonyl (C=O) groups is 2. The maximum Gasteiger partial charge on any atom is 0.242 e. The van der Waals surface area contributed by atoms with E-state index >= 15 is 0 Å². The quantitative estimate of drug-likeness (QED) is 0.541. The Labute approximate surface area is 187 Å². The number of hydrogen-bond donors (Lipinski definition) is 1. The Hall–Kier alpha value is -1.75. The third-order valence-electron chi connectivity index (χ3n) is 4.69. The summed E-state index contributed by atoms with van der Waals surface area (Å²) in [6.45, 7) is 4.38. The molecule has 7 heteroatoms. The molecule has 0 saturated carbocycles. The molecular weight excluding hydrogens is 431 g/mol. The minimum atomic E-state index is -0.610. The van der Waals surface area contributed by atoms with Gasteiger partial charge in [0.05, 0.1) is 0 Å². The molecule has 0 aromatic heterocycles. The van der Waals surface area contributed by atoms with Gasteiger partial charge in [0.1, 0.15) is 6.04 Å². The van der Waals surface area contributed by atoms with Crippen molar-refractivity contribution < 1.29 is 9.59 Å². The Kier molecular flexibility index (Phi) is 9.28. The minimum Gasteiger partial charge on any atom is -0.355 e. The van der Waals surface area contributed by atoms with E-state index in [1.54, 1.807) is 29.2 Å². The van der Waals surface area contributed by atoms with Crippen LogP contribution in [0.4, 0.5) is 0 Å². The first-order chi connectivity index (χ1) is 13.9. The summed E-state index contributed by atoms with van der Waals surface area (Å²) >= 11 is 18.9. The summed E-state index contributed by atoms with van der Waals surface area (Å²) in [7, 11) is 0. The lowest BCUT2D eigenvalue weighted by molar-refractivity contribution is -0.141. The second kappa shape index (κ2) is 11.4. The van der Waals surface area contributed by atoms with Crippen LogP contribution in [0.25, 0.3) is 0 Å². The molecular formula is C22H25Cl3N2O2. The largest absolute Gasteiger partial charge is 0.355 e. The maximum atomic E-state index is 13.2. The van der Waals surface area contributed by atoms with Gasteiger partial charge in [-0.3, -0.25) is 9.59 Å². The number of aryl methyl sites for hydroxylation is 1.